The van der Waals surface area contributed by atoms with Crippen LogP contribution < -0.4 is 11.1 Å². The Morgan fingerprint density at radius 3 is 2.61 bits per heavy atom. The standard InChI is InChI=1S/C21H21N3O4/c25-19(16-6-7-17-18(13-16)28-21(27)22-17)23-20(26)24-10-8-15(9-11-24)12-14-4-2-1-3-5-14/h1-7,13,15H,8-12H2,(H,22,27)(H,23,25,26). The maximum atomic E-state index is 12.4. The first-order valence-corrected chi connectivity index (χ1v) is 9.35. The Morgan fingerprint density at radius 2 is 1.86 bits per heavy atom. The first-order valence-electron chi connectivity index (χ1n) is 9.35. The molecular formula is C21H21N3O4. The average Bonchev–Trinajstić information content (AvgIpc) is 3.08. The van der Waals surface area contributed by atoms with Gasteiger partial charge in [0, 0.05) is 18.7 Å². The van der Waals surface area contributed by atoms with Crippen molar-refractivity contribution in [2.24, 2.45) is 5.92 Å². The second-order valence-electron chi connectivity index (χ2n) is 7.10. The van der Waals surface area contributed by atoms with Crippen LogP contribution in [0.15, 0.2) is 57.7 Å². The highest BCUT2D eigenvalue weighted by atomic mass is 16.4. The van der Waals surface area contributed by atoms with E-state index in [-0.39, 0.29) is 11.1 Å². The topological polar surface area (TPSA) is 95.4 Å². The van der Waals surface area contributed by atoms with E-state index in [2.05, 4.69) is 22.4 Å². The smallest absolute Gasteiger partial charge is 0.408 e. The number of fused-ring (bicyclic) bond motifs is 1. The number of benzene rings is 2. The highest BCUT2D eigenvalue weighted by Crippen LogP contribution is 2.21. The Balaban J connectivity index is 1.32. The molecule has 1 aliphatic heterocycles. The first-order chi connectivity index (χ1) is 13.6. The number of nitrogens with zero attached hydrogens (tertiary/aromatic N) is 1. The molecule has 0 atom stereocenters. The molecule has 0 radical (unpaired) electrons. The summed E-state index contributed by atoms with van der Waals surface area (Å²) in [5.41, 5.74) is 2.37. The third-order valence-electron chi connectivity index (χ3n) is 5.17. The number of carbonyl (C=O) groups excluding carboxylic acids is 2. The predicted molar refractivity (Wildman–Crippen MR) is 104 cm³/mol. The Morgan fingerprint density at radius 1 is 1.11 bits per heavy atom. The molecule has 0 bridgehead atoms. The van der Waals surface area contributed by atoms with Gasteiger partial charge in [-0.1, -0.05) is 30.3 Å². The van der Waals surface area contributed by atoms with Crippen molar-refractivity contribution in [3.8, 4) is 0 Å². The van der Waals surface area contributed by atoms with Crippen molar-refractivity contribution in [2.75, 3.05) is 13.1 Å². The van der Waals surface area contributed by atoms with Crippen LogP contribution in [0.3, 0.4) is 0 Å². The molecule has 1 aliphatic rings. The highest BCUT2D eigenvalue weighted by molar-refractivity contribution is 6.05. The number of aromatic amines is 1. The number of imide groups is 1. The normalized spacial score (nSPS) is 14.9. The summed E-state index contributed by atoms with van der Waals surface area (Å²) >= 11 is 0. The third kappa shape index (κ3) is 3.98. The van der Waals surface area contributed by atoms with E-state index in [9.17, 15) is 14.4 Å². The number of piperidine rings is 1. The SMILES string of the molecule is O=C(NC(=O)N1CCC(Cc2ccccc2)CC1)c1ccc2[nH]c(=O)oc2c1. The van der Waals surface area contributed by atoms with Crippen LogP contribution in [0.5, 0.6) is 0 Å². The van der Waals surface area contributed by atoms with E-state index >= 15 is 0 Å². The summed E-state index contributed by atoms with van der Waals surface area (Å²) in [6, 6.07) is 14.5. The lowest BCUT2D eigenvalue weighted by molar-refractivity contribution is 0.0945. The lowest BCUT2D eigenvalue weighted by Crippen LogP contribution is -2.46. The van der Waals surface area contributed by atoms with Crippen LogP contribution in [-0.4, -0.2) is 34.9 Å². The second-order valence-corrected chi connectivity index (χ2v) is 7.10. The number of H-pyrrole nitrogens is 1. The van der Waals surface area contributed by atoms with Gasteiger partial charge in [0.2, 0.25) is 0 Å². The molecule has 2 aromatic carbocycles. The zero-order valence-corrected chi connectivity index (χ0v) is 15.3. The molecule has 4 rings (SSSR count). The van der Waals surface area contributed by atoms with E-state index in [4.69, 9.17) is 4.42 Å². The molecule has 3 amide bonds. The summed E-state index contributed by atoms with van der Waals surface area (Å²) in [7, 11) is 0. The summed E-state index contributed by atoms with van der Waals surface area (Å²) in [4.78, 5) is 40.2. The molecule has 1 fully saturated rings. The van der Waals surface area contributed by atoms with E-state index in [1.807, 2.05) is 18.2 Å². The zero-order valence-electron chi connectivity index (χ0n) is 15.3. The van der Waals surface area contributed by atoms with E-state index in [1.54, 1.807) is 17.0 Å². The average molecular weight is 379 g/mol. The number of oxazole rings is 1. The molecular weight excluding hydrogens is 358 g/mol. The number of nitrogens with one attached hydrogen (secondary N) is 2. The van der Waals surface area contributed by atoms with Crippen molar-refractivity contribution in [3.05, 3.63) is 70.2 Å². The van der Waals surface area contributed by atoms with Crippen LogP contribution >= 0.6 is 0 Å². The van der Waals surface area contributed by atoms with E-state index < -0.39 is 17.7 Å². The number of amides is 3. The van der Waals surface area contributed by atoms with Gasteiger partial charge >= 0.3 is 11.8 Å². The van der Waals surface area contributed by atoms with Crippen LogP contribution in [-0.2, 0) is 6.42 Å². The largest absolute Gasteiger partial charge is 0.417 e. The quantitative estimate of drug-likeness (QED) is 0.731. The predicted octanol–water partition coefficient (Wildman–Crippen LogP) is 2.93. The van der Waals surface area contributed by atoms with E-state index in [0.717, 1.165) is 19.3 Å². The lowest BCUT2D eigenvalue weighted by atomic mass is 9.90. The van der Waals surface area contributed by atoms with Crippen LogP contribution in [0.4, 0.5) is 4.79 Å². The lowest BCUT2D eigenvalue weighted by Gasteiger charge is -2.31. The molecule has 28 heavy (non-hydrogen) atoms. The van der Waals surface area contributed by atoms with Crippen molar-refractivity contribution >= 4 is 23.0 Å². The maximum absolute atomic E-state index is 12.4. The van der Waals surface area contributed by atoms with E-state index in [1.165, 1.54) is 11.6 Å². The number of hydrogen-bond acceptors (Lipinski definition) is 4. The molecule has 144 valence electrons. The first kappa shape index (κ1) is 18.0. The van der Waals surface area contributed by atoms with Gasteiger partial charge in [-0.05, 0) is 48.9 Å². The third-order valence-corrected chi connectivity index (χ3v) is 5.17. The van der Waals surface area contributed by atoms with Gasteiger partial charge in [0.1, 0.15) is 0 Å². The molecule has 0 aliphatic carbocycles. The zero-order chi connectivity index (χ0) is 19.5. The molecule has 2 heterocycles. The number of rotatable bonds is 3. The second kappa shape index (κ2) is 7.72. The Kier molecular flexibility index (Phi) is 4.97. The van der Waals surface area contributed by atoms with Crippen LogP contribution in [0.25, 0.3) is 11.1 Å². The number of carbonyl (C=O) groups is 2. The van der Waals surface area contributed by atoms with Crippen LogP contribution in [0.1, 0.15) is 28.8 Å². The fraction of sp³-hybridized carbons (Fsp3) is 0.286. The van der Waals surface area contributed by atoms with E-state index in [0.29, 0.717) is 24.5 Å². The van der Waals surface area contributed by atoms with Gasteiger partial charge in [0.05, 0.1) is 5.52 Å². The van der Waals surface area contributed by atoms with Gasteiger partial charge < -0.3 is 9.32 Å². The van der Waals surface area contributed by atoms with Gasteiger partial charge in [-0.3, -0.25) is 15.1 Å². The van der Waals surface area contributed by atoms with Crippen molar-refractivity contribution in [2.45, 2.75) is 19.3 Å². The molecule has 0 spiro atoms. The summed E-state index contributed by atoms with van der Waals surface area (Å²) in [6.45, 7) is 1.25. The summed E-state index contributed by atoms with van der Waals surface area (Å²) in [5, 5.41) is 2.42. The van der Waals surface area contributed by atoms with Crippen molar-refractivity contribution < 1.29 is 14.0 Å². The minimum absolute atomic E-state index is 0.266. The number of urea groups is 1. The highest BCUT2D eigenvalue weighted by Gasteiger charge is 2.24. The minimum Gasteiger partial charge on any atom is -0.408 e. The fourth-order valence-corrected chi connectivity index (χ4v) is 3.62. The van der Waals surface area contributed by atoms with Gasteiger partial charge in [-0.2, -0.15) is 0 Å². The van der Waals surface area contributed by atoms with Gasteiger partial charge in [-0.25, -0.2) is 9.59 Å². The molecule has 0 unspecified atom stereocenters. The van der Waals surface area contributed by atoms with Crippen molar-refractivity contribution in [3.63, 3.8) is 0 Å². The van der Waals surface area contributed by atoms with Gasteiger partial charge in [0.25, 0.3) is 5.91 Å². The van der Waals surface area contributed by atoms with Crippen LogP contribution in [0.2, 0.25) is 0 Å². The Labute approximate surface area is 161 Å². The number of hydrogen-bond donors (Lipinski definition) is 2. The summed E-state index contributed by atoms with van der Waals surface area (Å²) in [6.07, 6.45) is 2.84. The molecule has 2 N–H and O–H groups in total. The fourth-order valence-electron chi connectivity index (χ4n) is 3.62. The van der Waals surface area contributed by atoms with Crippen molar-refractivity contribution in [1.82, 2.24) is 15.2 Å². The Hall–Kier alpha value is -3.35. The molecule has 1 aromatic heterocycles. The molecule has 0 saturated carbocycles. The number of likely N-dealkylation sites (tertiary alicyclic amines) is 1. The summed E-state index contributed by atoms with van der Waals surface area (Å²) in [5.74, 6) is -0.551. The van der Waals surface area contributed by atoms with Gasteiger partial charge in [0.15, 0.2) is 5.58 Å². The Bertz CT molecular complexity index is 1050. The minimum atomic E-state index is -0.581. The molecule has 7 nitrogen and oxygen atoms in total. The molecule has 7 heteroatoms. The molecule has 1 saturated heterocycles. The van der Waals surface area contributed by atoms with Crippen molar-refractivity contribution in [1.29, 1.82) is 0 Å². The molecule has 3 aromatic rings. The van der Waals surface area contributed by atoms with Gasteiger partial charge in [-0.15, -0.1) is 0 Å². The van der Waals surface area contributed by atoms with Crippen LogP contribution in [0, 0.1) is 5.92 Å². The maximum Gasteiger partial charge on any atom is 0.417 e. The summed E-state index contributed by atoms with van der Waals surface area (Å²) < 4.78 is 4.95. The monoisotopic (exact) mass is 379 g/mol. The number of aromatic nitrogens is 1.